The zero-order valence-corrected chi connectivity index (χ0v) is 15.2. The second-order valence-electron chi connectivity index (χ2n) is 5.76. The van der Waals surface area contributed by atoms with Crippen molar-refractivity contribution < 1.29 is 4.79 Å². The molecule has 0 saturated heterocycles. The third-order valence-corrected chi connectivity index (χ3v) is 4.59. The number of amides is 1. The summed E-state index contributed by atoms with van der Waals surface area (Å²) in [7, 11) is 0. The summed E-state index contributed by atoms with van der Waals surface area (Å²) in [5.41, 5.74) is 2.57. The van der Waals surface area contributed by atoms with Gasteiger partial charge in [0, 0.05) is 17.9 Å². The first-order valence-corrected chi connectivity index (χ1v) is 8.81. The van der Waals surface area contributed by atoms with Gasteiger partial charge in [-0.3, -0.25) is 9.36 Å². The van der Waals surface area contributed by atoms with E-state index in [1.165, 1.54) is 5.01 Å². The maximum absolute atomic E-state index is 12.5. The number of hydrogen-bond acceptors (Lipinski definition) is 4. The average molecular weight is 384 g/mol. The summed E-state index contributed by atoms with van der Waals surface area (Å²) in [5, 5.41) is 13.4. The van der Waals surface area contributed by atoms with E-state index in [-0.39, 0.29) is 5.91 Å². The van der Waals surface area contributed by atoms with Crippen molar-refractivity contribution in [3.63, 3.8) is 0 Å². The summed E-state index contributed by atoms with van der Waals surface area (Å²) in [6, 6.07) is 16.9. The van der Waals surface area contributed by atoms with Crippen LogP contribution in [0.4, 0.5) is 5.95 Å². The normalized spacial score (nSPS) is 14.4. The van der Waals surface area contributed by atoms with Crippen molar-refractivity contribution in [2.75, 3.05) is 5.01 Å². The van der Waals surface area contributed by atoms with Crippen LogP contribution in [0.25, 0.3) is 5.69 Å². The Kier molecular flexibility index (Phi) is 4.40. The van der Waals surface area contributed by atoms with E-state index in [1.807, 2.05) is 42.5 Å². The lowest BCUT2D eigenvalue weighted by Crippen LogP contribution is -2.33. The largest absolute Gasteiger partial charge is 0.272 e. The molecule has 0 bridgehead atoms. The Morgan fingerprint density at radius 3 is 2.50 bits per heavy atom. The van der Waals surface area contributed by atoms with Crippen molar-refractivity contribution in [3.8, 4) is 5.69 Å². The van der Waals surface area contributed by atoms with E-state index < -0.39 is 0 Å². The van der Waals surface area contributed by atoms with Gasteiger partial charge in [0.2, 0.25) is 4.77 Å². The summed E-state index contributed by atoms with van der Waals surface area (Å²) < 4.78 is 2.04. The van der Waals surface area contributed by atoms with Gasteiger partial charge in [-0.05, 0) is 42.0 Å². The summed E-state index contributed by atoms with van der Waals surface area (Å²) in [5.74, 6) is 0.198. The molecular weight excluding hydrogens is 370 g/mol. The monoisotopic (exact) mass is 383 g/mol. The Hall–Kier alpha value is -2.77. The van der Waals surface area contributed by atoms with Crippen molar-refractivity contribution in [3.05, 3.63) is 70.0 Å². The molecule has 0 spiro atoms. The second kappa shape index (κ2) is 6.86. The highest BCUT2D eigenvalue weighted by Crippen LogP contribution is 2.24. The number of carbonyl (C=O) groups excluding carboxylic acids is 1. The number of carbonyl (C=O) groups is 1. The van der Waals surface area contributed by atoms with E-state index in [0.717, 1.165) is 17.0 Å². The van der Waals surface area contributed by atoms with E-state index in [4.69, 9.17) is 23.8 Å². The molecule has 4 rings (SSSR count). The molecule has 0 saturated carbocycles. The Balaban J connectivity index is 1.81. The highest BCUT2D eigenvalue weighted by molar-refractivity contribution is 7.71. The van der Waals surface area contributed by atoms with Gasteiger partial charge in [0.05, 0.1) is 11.4 Å². The highest BCUT2D eigenvalue weighted by Gasteiger charge is 2.27. The third kappa shape index (κ3) is 3.07. The molecular formula is C18H14ClN5OS. The van der Waals surface area contributed by atoms with Gasteiger partial charge in [-0.1, -0.05) is 41.9 Å². The molecule has 1 aromatic heterocycles. The maximum atomic E-state index is 12.5. The first kappa shape index (κ1) is 16.7. The summed E-state index contributed by atoms with van der Waals surface area (Å²) in [6.07, 6.45) is 0.944. The first-order valence-electron chi connectivity index (χ1n) is 8.03. The van der Waals surface area contributed by atoms with Crippen LogP contribution in [0, 0.1) is 4.77 Å². The number of benzene rings is 2. The smallest absolute Gasteiger partial charge is 0.258 e. The van der Waals surface area contributed by atoms with E-state index in [2.05, 4.69) is 15.3 Å². The molecule has 8 heteroatoms. The number of hydrogen-bond donors (Lipinski definition) is 1. The molecule has 0 unspecified atom stereocenters. The minimum absolute atomic E-state index is 0.131. The Morgan fingerprint density at radius 2 is 1.77 bits per heavy atom. The number of nitrogens with zero attached hydrogens (tertiary/aromatic N) is 4. The number of aromatic amines is 1. The minimum atomic E-state index is -0.131. The molecule has 1 aliphatic heterocycles. The Bertz CT molecular complexity index is 1040. The predicted molar refractivity (Wildman–Crippen MR) is 103 cm³/mol. The van der Waals surface area contributed by atoms with Gasteiger partial charge in [-0.15, -0.1) is 5.10 Å². The quantitative estimate of drug-likeness (QED) is 0.692. The van der Waals surface area contributed by atoms with Crippen molar-refractivity contribution in [1.82, 2.24) is 14.8 Å². The Labute approximate surface area is 159 Å². The van der Waals surface area contributed by atoms with Crippen LogP contribution in [0.15, 0.2) is 59.7 Å². The van der Waals surface area contributed by atoms with Gasteiger partial charge in [0.1, 0.15) is 0 Å². The fraction of sp³-hybridized carbons (Fsp3) is 0.111. The van der Waals surface area contributed by atoms with Crippen molar-refractivity contribution >= 4 is 41.4 Å². The molecule has 1 N–H and O–H groups in total. The standard InChI is InChI=1S/C18H14ClN5OS/c19-13-6-8-14(9-7-13)23-17(20-21-18(23)26)24-16(25)11-10-15(22-24)12-4-2-1-3-5-12/h1-9H,10-11H2,(H,21,26). The van der Waals surface area contributed by atoms with E-state index in [1.54, 1.807) is 16.7 Å². The van der Waals surface area contributed by atoms with E-state index in [9.17, 15) is 4.79 Å². The minimum Gasteiger partial charge on any atom is -0.272 e. The lowest BCUT2D eigenvalue weighted by Gasteiger charge is -2.23. The van der Waals surface area contributed by atoms with E-state index in [0.29, 0.717) is 28.6 Å². The number of H-pyrrole nitrogens is 1. The van der Waals surface area contributed by atoms with Crippen molar-refractivity contribution in [2.24, 2.45) is 5.10 Å². The summed E-state index contributed by atoms with van der Waals surface area (Å²) >= 11 is 11.3. The topological polar surface area (TPSA) is 66.3 Å². The van der Waals surface area contributed by atoms with Gasteiger partial charge in [0.25, 0.3) is 11.9 Å². The van der Waals surface area contributed by atoms with Gasteiger partial charge >= 0.3 is 0 Å². The fourth-order valence-corrected chi connectivity index (χ4v) is 3.16. The number of rotatable bonds is 3. The van der Waals surface area contributed by atoms with Crippen LogP contribution in [0.2, 0.25) is 5.02 Å². The maximum Gasteiger partial charge on any atom is 0.258 e. The Morgan fingerprint density at radius 1 is 1.04 bits per heavy atom. The highest BCUT2D eigenvalue weighted by atomic mass is 35.5. The first-order chi connectivity index (χ1) is 12.6. The molecule has 2 heterocycles. The molecule has 1 amide bonds. The van der Waals surface area contributed by atoms with Crippen LogP contribution in [0.5, 0.6) is 0 Å². The van der Waals surface area contributed by atoms with E-state index >= 15 is 0 Å². The number of nitrogens with one attached hydrogen (secondary N) is 1. The second-order valence-corrected chi connectivity index (χ2v) is 6.58. The van der Waals surface area contributed by atoms with Crippen molar-refractivity contribution in [1.29, 1.82) is 0 Å². The lowest BCUT2D eigenvalue weighted by atomic mass is 10.0. The van der Waals surface area contributed by atoms with Crippen LogP contribution in [0.1, 0.15) is 18.4 Å². The summed E-state index contributed by atoms with van der Waals surface area (Å²) in [6.45, 7) is 0. The molecule has 0 fully saturated rings. The SMILES string of the molecule is O=C1CCC(c2ccccc2)=NN1c1n[nH]c(=S)n1-c1ccc(Cl)cc1. The fourth-order valence-electron chi connectivity index (χ4n) is 2.80. The average Bonchev–Trinajstić information content (AvgIpc) is 3.05. The molecule has 130 valence electrons. The van der Waals surface area contributed by atoms with Gasteiger partial charge < -0.3 is 0 Å². The molecule has 6 nitrogen and oxygen atoms in total. The zero-order valence-electron chi connectivity index (χ0n) is 13.6. The summed E-state index contributed by atoms with van der Waals surface area (Å²) in [4.78, 5) is 12.5. The third-order valence-electron chi connectivity index (χ3n) is 4.07. The molecule has 0 radical (unpaired) electrons. The molecule has 1 aliphatic rings. The number of anilines is 1. The van der Waals surface area contributed by atoms with Crippen LogP contribution in [-0.4, -0.2) is 26.4 Å². The van der Waals surface area contributed by atoms with Gasteiger partial charge in [-0.25, -0.2) is 5.10 Å². The van der Waals surface area contributed by atoms with Gasteiger partial charge in [-0.2, -0.15) is 10.1 Å². The van der Waals surface area contributed by atoms with Crippen molar-refractivity contribution in [2.45, 2.75) is 12.8 Å². The number of hydrazone groups is 1. The molecule has 3 aromatic rings. The zero-order chi connectivity index (χ0) is 18.1. The van der Waals surface area contributed by atoms with Gasteiger partial charge in [0.15, 0.2) is 0 Å². The molecule has 2 aromatic carbocycles. The number of halogens is 1. The molecule has 0 aliphatic carbocycles. The van der Waals surface area contributed by atoms with Crippen LogP contribution in [-0.2, 0) is 4.79 Å². The van der Waals surface area contributed by atoms with Crippen LogP contribution < -0.4 is 5.01 Å². The molecule has 26 heavy (non-hydrogen) atoms. The predicted octanol–water partition coefficient (Wildman–Crippen LogP) is 4.11. The lowest BCUT2D eigenvalue weighted by molar-refractivity contribution is -0.118. The van der Waals surface area contributed by atoms with Crippen LogP contribution >= 0.6 is 23.8 Å². The van der Waals surface area contributed by atoms with Crippen LogP contribution in [0.3, 0.4) is 0 Å². The molecule has 0 atom stereocenters. The number of aromatic nitrogens is 3.